The molecule has 3 fully saturated rings. The van der Waals surface area contributed by atoms with Crippen molar-refractivity contribution in [3.05, 3.63) is 0 Å². The summed E-state index contributed by atoms with van der Waals surface area (Å²) in [6.07, 6.45) is 8.87. The van der Waals surface area contributed by atoms with Crippen LogP contribution in [0.15, 0.2) is 0 Å². The molecule has 24 heavy (non-hydrogen) atoms. The summed E-state index contributed by atoms with van der Waals surface area (Å²) in [4.78, 5) is 2.69. The van der Waals surface area contributed by atoms with Crippen LogP contribution in [0, 0.1) is 11.3 Å². The third kappa shape index (κ3) is 3.68. The van der Waals surface area contributed by atoms with Gasteiger partial charge in [-0.1, -0.05) is 26.7 Å². The second-order valence-electron chi connectivity index (χ2n) is 9.64. The number of nitrogens with zero attached hydrogens (tertiary/aromatic N) is 2. The van der Waals surface area contributed by atoms with Gasteiger partial charge < -0.3 is 4.90 Å². The standard InChI is InChI=1S/C19H36N2O2S/c1-16(2)13-24(22,23)21-15-19(14-18(21,3)4)9-11-20(12-10-19)17-7-5-6-8-17/h16-17H,5-15H2,1-4H3. The van der Waals surface area contributed by atoms with Gasteiger partial charge in [-0.2, -0.15) is 4.31 Å². The first-order valence-electron chi connectivity index (χ1n) is 9.88. The van der Waals surface area contributed by atoms with Crippen LogP contribution in [0.2, 0.25) is 0 Å². The number of sulfonamides is 1. The third-order valence-electron chi connectivity index (χ3n) is 6.54. The van der Waals surface area contributed by atoms with Crippen molar-refractivity contribution in [1.82, 2.24) is 9.21 Å². The van der Waals surface area contributed by atoms with E-state index in [1.165, 1.54) is 51.6 Å². The third-order valence-corrected chi connectivity index (χ3v) is 8.92. The largest absolute Gasteiger partial charge is 0.300 e. The summed E-state index contributed by atoms with van der Waals surface area (Å²) < 4.78 is 27.6. The molecule has 4 nitrogen and oxygen atoms in total. The highest BCUT2D eigenvalue weighted by molar-refractivity contribution is 7.89. The van der Waals surface area contributed by atoms with Gasteiger partial charge in [-0.25, -0.2) is 8.42 Å². The zero-order valence-electron chi connectivity index (χ0n) is 16.1. The molecule has 140 valence electrons. The summed E-state index contributed by atoms with van der Waals surface area (Å²) in [6.45, 7) is 11.3. The lowest BCUT2D eigenvalue weighted by Gasteiger charge is -2.42. The molecule has 0 aromatic rings. The van der Waals surface area contributed by atoms with E-state index in [1.807, 2.05) is 18.2 Å². The monoisotopic (exact) mass is 356 g/mol. The molecule has 0 aromatic heterocycles. The van der Waals surface area contributed by atoms with E-state index < -0.39 is 10.0 Å². The fourth-order valence-corrected chi connectivity index (χ4v) is 7.84. The van der Waals surface area contributed by atoms with Crippen molar-refractivity contribution in [3.63, 3.8) is 0 Å². The summed E-state index contributed by atoms with van der Waals surface area (Å²) >= 11 is 0. The van der Waals surface area contributed by atoms with E-state index in [0.717, 1.165) is 19.0 Å². The smallest absolute Gasteiger partial charge is 0.214 e. The summed E-state index contributed by atoms with van der Waals surface area (Å²) in [5, 5.41) is 0. The Hall–Kier alpha value is -0.130. The van der Waals surface area contributed by atoms with Gasteiger partial charge in [0.1, 0.15) is 0 Å². The van der Waals surface area contributed by atoms with Crippen LogP contribution < -0.4 is 0 Å². The molecule has 0 amide bonds. The maximum absolute atomic E-state index is 12.9. The molecular formula is C19H36N2O2S. The number of piperidine rings is 1. The summed E-state index contributed by atoms with van der Waals surface area (Å²) in [7, 11) is -3.15. The molecule has 0 atom stereocenters. The van der Waals surface area contributed by atoms with E-state index in [0.29, 0.717) is 0 Å². The van der Waals surface area contributed by atoms with Crippen molar-refractivity contribution >= 4 is 10.0 Å². The van der Waals surface area contributed by atoms with Crippen LogP contribution in [0.4, 0.5) is 0 Å². The summed E-state index contributed by atoms with van der Waals surface area (Å²) in [6, 6.07) is 0.803. The van der Waals surface area contributed by atoms with E-state index in [2.05, 4.69) is 18.7 Å². The first kappa shape index (κ1) is 18.7. The highest BCUT2D eigenvalue weighted by Gasteiger charge is 2.53. The van der Waals surface area contributed by atoms with Crippen LogP contribution in [-0.4, -0.2) is 54.6 Å². The number of hydrogen-bond acceptors (Lipinski definition) is 3. The maximum atomic E-state index is 12.9. The molecule has 0 N–H and O–H groups in total. The van der Waals surface area contributed by atoms with Gasteiger partial charge in [0, 0.05) is 18.1 Å². The van der Waals surface area contributed by atoms with Gasteiger partial charge in [0.15, 0.2) is 0 Å². The summed E-state index contributed by atoms with van der Waals surface area (Å²) in [5.41, 5.74) is -0.0219. The lowest BCUT2D eigenvalue weighted by molar-refractivity contribution is 0.0807. The SMILES string of the molecule is CC(C)CS(=O)(=O)N1CC2(CCN(C3CCCC3)CC2)CC1(C)C. The Morgan fingerprint density at radius 2 is 1.67 bits per heavy atom. The minimum Gasteiger partial charge on any atom is -0.300 e. The Bertz CT molecular complexity index is 542. The van der Waals surface area contributed by atoms with E-state index >= 15 is 0 Å². The van der Waals surface area contributed by atoms with Gasteiger partial charge in [0.25, 0.3) is 0 Å². The minimum absolute atomic E-state index is 0.187. The first-order chi connectivity index (χ1) is 11.1. The van der Waals surface area contributed by atoms with Crippen LogP contribution in [0.3, 0.4) is 0 Å². The van der Waals surface area contributed by atoms with Gasteiger partial charge in [-0.3, -0.25) is 0 Å². The Morgan fingerprint density at radius 1 is 1.08 bits per heavy atom. The fourth-order valence-electron chi connectivity index (χ4n) is 5.53. The zero-order chi connectivity index (χ0) is 17.6. The van der Waals surface area contributed by atoms with Crippen molar-refractivity contribution in [2.45, 2.75) is 84.2 Å². The van der Waals surface area contributed by atoms with Crippen molar-refractivity contribution < 1.29 is 8.42 Å². The average Bonchev–Trinajstić information content (AvgIpc) is 3.05. The van der Waals surface area contributed by atoms with Gasteiger partial charge in [0.05, 0.1) is 5.75 Å². The molecule has 3 rings (SSSR count). The van der Waals surface area contributed by atoms with Gasteiger partial charge >= 0.3 is 0 Å². The fraction of sp³-hybridized carbons (Fsp3) is 1.00. The molecule has 3 aliphatic rings. The van der Waals surface area contributed by atoms with Gasteiger partial charge in [-0.15, -0.1) is 0 Å². The Balaban J connectivity index is 1.68. The van der Waals surface area contributed by atoms with Crippen molar-refractivity contribution in [2.24, 2.45) is 11.3 Å². The van der Waals surface area contributed by atoms with Crippen molar-refractivity contribution in [2.75, 3.05) is 25.4 Å². The predicted molar refractivity (Wildman–Crippen MR) is 99.5 cm³/mol. The molecule has 0 aromatic carbocycles. The number of hydrogen-bond donors (Lipinski definition) is 0. The second-order valence-corrected chi connectivity index (χ2v) is 11.6. The quantitative estimate of drug-likeness (QED) is 0.774. The van der Waals surface area contributed by atoms with E-state index in [4.69, 9.17) is 0 Å². The van der Waals surface area contributed by atoms with Gasteiger partial charge in [-0.05, 0) is 70.4 Å². The van der Waals surface area contributed by atoms with Crippen LogP contribution in [0.5, 0.6) is 0 Å². The van der Waals surface area contributed by atoms with Crippen LogP contribution in [-0.2, 0) is 10.0 Å². The summed E-state index contributed by atoms with van der Waals surface area (Å²) in [5.74, 6) is 0.465. The molecule has 1 spiro atoms. The zero-order valence-corrected chi connectivity index (χ0v) is 16.9. The highest BCUT2D eigenvalue weighted by atomic mass is 32.2. The van der Waals surface area contributed by atoms with E-state index in [1.54, 1.807) is 0 Å². The molecule has 0 bridgehead atoms. The number of rotatable bonds is 4. The molecule has 0 unspecified atom stereocenters. The number of likely N-dealkylation sites (tertiary alicyclic amines) is 1. The Labute approximate surface area is 149 Å². The van der Waals surface area contributed by atoms with E-state index in [9.17, 15) is 8.42 Å². The highest BCUT2D eigenvalue weighted by Crippen LogP contribution is 2.49. The van der Waals surface area contributed by atoms with E-state index in [-0.39, 0.29) is 22.6 Å². The lowest BCUT2D eigenvalue weighted by Crippen LogP contribution is -2.46. The molecule has 1 aliphatic carbocycles. The predicted octanol–water partition coefficient (Wildman–Crippen LogP) is 3.48. The average molecular weight is 357 g/mol. The minimum atomic E-state index is -3.15. The molecular weight excluding hydrogens is 320 g/mol. The molecule has 0 radical (unpaired) electrons. The molecule has 2 saturated heterocycles. The molecule has 2 aliphatic heterocycles. The Morgan fingerprint density at radius 3 is 2.21 bits per heavy atom. The Kier molecular flexibility index (Phi) is 5.09. The molecule has 2 heterocycles. The van der Waals surface area contributed by atoms with Crippen LogP contribution in [0.25, 0.3) is 0 Å². The lowest BCUT2D eigenvalue weighted by atomic mass is 9.74. The van der Waals surface area contributed by atoms with Crippen LogP contribution in [0.1, 0.15) is 72.6 Å². The first-order valence-corrected chi connectivity index (χ1v) is 11.5. The molecule has 1 saturated carbocycles. The van der Waals surface area contributed by atoms with Crippen molar-refractivity contribution in [1.29, 1.82) is 0 Å². The van der Waals surface area contributed by atoms with Crippen LogP contribution >= 0.6 is 0 Å². The maximum Gasteiger partial charge on any atom is 0.214 e. The van der Waals surface area contributed by atoms with Gasteiger partial charge in [0.2, 0.25) is 10.0 Å². The molecule has 5 heteroatoms. The topological polar surface area (TPSA) is 40.6 Å². The second kappa shape index (κ2) is 6.55. The van der Waals surface area contributed by atoms with Crippen molar-refractivity contribution in [3.8, 4) is 0 Å². The normalized spacial score (nSPS) is 29.0.